The van der Waals surface area contributed by atoms with Crippen molar-refractivity contribution < 1.29 is 0 Å². The number of rotatable bonds is 4. The molecule has 1 N–H and O–H groups in total. The first-order valence-corrected chi connectivity index (χ1v) is 7.86. The summed E-state index contributed by atoms with van der Waals surface area (Å²) in [7, 11) is 0. The van der Waals surface area contributed by atoms with E-state index in [0.29, 0.717) is 16.6 Å². The van der Waals surface area contributed by atoms with Gasteiger partial charge in [0.25, 0.3) is 0 Å². The summed E-state index contributed by atoms with van der Waals surface area (Å²) in [4.78, 5) is 0. The Balaban J connectivity index is 2.17. The fourth-order valence-corrected chi connectivity index (χ4v) is 2.92. The lowest BCUT2D eigenvalue weighted by Crippen LogP contribution is -2.32. The molecule has 2 aromatic carbocycles. The third-order valence-electron chi connectivity index (χ3n) is 3.51. The number of nitrogens with one attached hydrogen (secondary N) is 1. The molecule has 0 fully saturated rings. The summed E-state index contributed by atoms with van der Waals surface area (Å²) in [5.74, 6) is 0. The zero-order valence-corrected chi connectivity index (χ0v) is 14.2. The van der Waals surface area contributed by atoms with Crippen LogP contribution in [0.2, 0.25) is 10.0 Å². The molecule has 1 unspecified atom stereocenters. The molecule has 0 aromatic heterocycles. The van der Waals surface area contributed by atoms with Gasteiger partial charge in [0.05, 0.1) is 0 Å². The Labute approximate surface area is 137 Å². The van der Waals surface area contributed by atoms with E-state index in [1.165, 1.54) is 5.56 Å². The van der Waals surface area contributed by atoms with Crippen molar-refractivity contribution in [2.45, 2.75) is 33.4 Å². The summed E-state index contributed by atoms with van der Waals surface area (Å²) in [6.45, 7) is 7.43. The van der Waals surface area contributed by atoms with Crippen molar-refractivity contribution in [2.24, 2.45) is 5.41 Å². The summed E-state index contributed by atoms with van der Waals surface area (Å²) in [5.41, 5.74) is 2.46. The van der Waals surface area contributed by atoms with E-state index in [1.54, 1.807) is 6.07 Å². The third kappa shape index (κ3) is 4.47. The van der Waals surface area contributed by atoms with E-state index in [1.807, 2.05) is 18.2 Å². The van der Waals surface area contributed by atoms with Crippen LogP contribution in [0.25, 0.3) is 0 Å². The predicted molar refractivity (Wildman–Crippen MR) is 91.9 cm³/mol. The maximum atomic E-state index is 6.25. The maximum absolute atomic E-state index is 6.25. The van der Waals surface area contributed by atoms with E-state index < -0.39 is 0 Å². The zero-order chi connectivity index (χ0) is 15.5. The molecular weight excluding hydrogens is 301 g/mol. The summed E-state index contributed by atoms with van der Waals surface area (Å²) < 4.78 is 0. The smallest absolute Gasteiger partial charge is 0.0465 e. The molecule has 0 saturated heterocycles. The second-order valence-electron chi connectivity index (χ2n) is 6.33. The first-order chi connectivity index (χ1) is 9.88. The molecule has 0 aliphatic rings. The van der Waals surface area contributed by atoms with Crippen LogP contribution in [0.15, 0.2) is 48.5 Å². The van der Waals surface area contributed by atoms with Gasteiger partial charge in [-0.3, -0.25) is 0 Å². The van der Waals surface area contributed by atoms with Gasteiger partial charge in [-0.2, -0.15) is 0 Å². The molecular formula is C18H21Cl2N. The Morgan fingerprint density at radius 2 is 1.67 bits per heavy atom. The molecule has 0 radical (unpaired) electrons. The Kier molecular flexibility index (Phi) is 5.32. The number of hydrogen-bond donors (Lipinski definition) is 1. The lowest BCUT2D eigenvalue weighted by atomic mass is 9.82. The molecule has 112 valence electrons. The van der Waals surface area contributed by atoms with Crippen molar-refractivity contribution in [3.63, 3.8) is 0 Å². The summed E-state index contributed by atoms with van der Waals surface area (Å²) >= 11 is 12.2. The normalized spacial score (nSPS) is 13.2. The molecule has 0 aliphatic heterocycles. The van der Waals surface area contributed by atoms with Crippen molar-refractivity contribution in [3.8, 4) is 0 Å². The van der Waals surface area contributed by atoms with Gasteiger partial charge >= 0.3 is 0 Å². The lowest BCUT2D eigenvalue weighted by Gasteiger charge is -2.32. The topological polar surface area (TPSA) is 12.0 Å². The monoisotopic (exact) mass is 321 g/mol. The summed E-state index contributed by atoms with van der Waals surface area (Å²) in [6.07, 6.45) is 0. The standard InChI is InChI=1S/C18H21Cl2N/c1-18(2,3)17(13-7-5-4-6-8-13)21-12-14-9-10-15(19)11-16(14)20/h4-11,17,21H,12H2,1-3H3. The molecule has 0 aliphatic carbocycles. The largest absolute Gasteiger partial charge is 0.305 e. The molecule has 1 atom stereocenters. The quantitative estimate of drug-likeness (QED) is 0.742. The van der Waals surface area contributed by atoms with Crippen LogP contribution in [-0.2, 0) is 6.54 Å². The van der Waals surface area contributed by atoms with E-state index >= 15 is 0 Å². The highest BCUT2D eigenvalue weighted by Crippen LogP contribution is 2.33. The van der Waals surface area contributed by atoms with Gasteiger partial charge in [0, 0.05) is 22.6 Å². The third-order valence-corrected chi connectivity index (χ3v) is 4.10. The zero-order valence-electron chi connectivity index (χ0n) is 12.7. The van der Waals surface area contributed by atoms with Crippen LogP contribution in [0.4, 0.5) is 0 Å². The minimum Gasteiger partial charge on any atom is -0.305 e. The lowest BCUT2D eigenvalue weighted by molar-refractivity contribution is 0.271. The molecule has 0 spiro atoms. The summed E-state index contributed by atoms with van der Waals surface area (Å²) in [6, 6.07) is 16.4. The molecule has 2 rings (SSSR count). The number of benzene rings is 2. The minimum atomic E-state index is 0.111. The van der Waals surface area contributed by atoms with Crippen LogP contribution < -0.4 is 5.32 Å². The minimum absolute atomic E-state index is 0.111. The van der Waals surface area contributed by atoms with Gasteiger partial charge in [-0.05, 0) is 28.7 Å². The van der Waals surface area contributed by atoms with E-state index in [0.717, 1.165) is 5.56 Å². The van der Waals surface area contributed by atoms with Crippen LogP contribution >= 0.6 is 23.2 Å². The predicted octanol–water partition coefficient (Wildman–Crippen LogP) is 5.87. The first kappa shape index (κ1) is 16.4. The second kappa shape index (κ2) is 6.83. The van der Waals surface area contributed by atoms with Crippen molar-refractivity contribution in [1.82, 2.24) is 5.32 Å². The van der Waals surface area contributed by atoms with E-state index in [4.69, 9.17) is 23.2 Å². The van der Waals surface area contributed by atoms with Gasteiger partial charge in [-0.1, -0.05) is 80.4 Å². The van der Waals surface area contributed by atoms with E-state index in [-0.39, 0.29) is 11.5 Å². The summed E-state index contributed by atoms with van der Waals surface area (Å²) in [5, 5.41) is 5.00. The first-order valence-electron chi connectivity index (χ1n) is 7.10. The second-order valence-corrected chi connectivity index (χ2v) is 7.17. The van der Waals surface area contributed by atoms with Gasteiger partial charge in [0.1, 0.15) is 0 Å². The van der Waals surface area contributed by atoms with E-state index in [9.17, 15) is 0 Å². The number of hydrogen-bond acceptors (Lipinski definition) is 1. The molecule has 0 saturated carbocycles. The average molecular weight is 322 g/mol. The molecule has 0 heterocycles. The molecule has 21 heavy (non-hydrogen) atoms. The molecule has 1 nitrogen and oxygen atoms in total. The Bertz CT molecular complexity index is 588. The Hall–Kier alpha value is -1.02. The van der Waals surface area contributed by atoms with Gasteiger partial charge in [-0.25, -0.2) is 0 Å². The van der Waals surface area contributed by atoms with Crippen molar-refractivity contribution >= 4 is 23.2 Å². The maximum Gasteiger partial charge on any atom is 0.0465 e. The SMILES string of the molecule is CC(C)(C)C(NCc1ccc(Cl)cc1Cl)c1ccccc1. The van der Waals surface area contributed by atoms with Gasteiger partial charge in [0.15, 0.2) is 0 Å². The highest BCUT2D eigenvalue weighted by atomic mass is 35.5. The Morgan fingerprint density at radius 1 is 1.00 bits per heavy atom. The highest BCUT2D eigenvalue weighted by molar-refractivity contribution is 6.35. The fraction of sp³-hybridized carbons (Fsp3) is 0.333. The number of halogens is 2. The van der Waals surface area contributed by atoms with Gasteiger partial charge in [-0.15, -0.1) is 0 Å². The molecule has 0 bridgehead atoms. The average Bonchev–Trinajstić information content (AvgIpc) is 2.41. The highest BCUT2D eigenvalue weighted by Gasteiger charge is 2.25. The van der Waals surface area contributed by atoms with Crippen molar-refractivity contribution in [1.29, 1.82) is 0 Å². The van der Waals surface area contributed by atoms with Crippen LogP contribution in [0.5, 0.6) is 0 Å². The molecule has 0 amide bonds. The van der Waals surface area contributed by atoms with Crippen LogP contribution in [0.1, 0.15) is 37.9 Å². The van der Waals surface area contributed by atoms with Crippen molar-refractivity contribution in [3.05, 3.63) is 69.7 Å². The molecule has 2 aromatic rings. The van der Waals surface area contributed by atoms with E-state index in [2.05, 4.69) is 50.4 Å². The molecule has 3 heteroatoms. The Morgan fingerprint density at radius 3 is 2.24 bits per heavy atom. The van der Waals surface area contributed by atoms with Crippen LogP contribution in [0.3, 0.4) is 0 Å². The van der Waals surface area contributed by atoms with Gasteiger partial charge in [0.2, 0.25) is 0 Å². The fourth-order valence-electron chi connectivity index (χ4n) is 2.45. The van der Waals surface area contributed by atoms with Crippen LogP contribution in [0, 0.1) is 5.41 Å². The van der Waals surface area contributed by atoms with Gasteiger partial charge < -0.3 is 5.32 Å². The van der Waals surface area contributed by atoms with Crippen LogP contribution in [-0.4, -0.2) is 0 Å². The van der Waals surface area contributed by atoms with Crippen molar-refractivity contribution in [2.75, 3.05) is 0 Å².